The number of para-hydroxylation sites is 1. The lowest BCUT2D eigenvalue weighted by Gasteiger charge is -2.10. The summed E-state index contributed by atoms with van der Waals surface area (Å²) in [5.41, 5.74) is 0.578. The van der Waals surface area contributed by atoms with E-state index < -0.39 is 12.1 Å². The summed E-state index contributed by atoms with van der Waals surface area (Å²) in [6, 6.07) is 6.86. The summed E-state index contributed by atoms with van der Waals surface area (Å²) < 4.78 is 18.2. The fraction of sp³-hybridized carbons (Fsp3) is 0.364. The molecule has 0 heterocycles. The van der Waals surface area contributed by atoms with E-state index in [0.717, 1.165) is 0 Å². The van der Waals surface area contributed by atoms with Gasteiger partial charge in [0.15, 0.2) is 0 Å². The first-order valence-electron chi connectivity index (χ1n) is 4.72. The fourth-order valence-corrected chi connectivity index (χ4v) is 1.25. The van der Waals surface area contributed by atoms with Crippen LogP contribution in [0.15, 0.2) is 24.3 Å². The summed E-state index contributed by atoms with van der Waals surface area (Å²) in [6.07, 6.45) is -2.04. The van der Waals surface area contributed by atoms with Gasteiger partial charge >= 0.3 is 5.97 Å². The number of aliphatic carboxylic acids is 1. The third-order valence-electron chi connectivity index (χ3n) is 1.94. The van der Waals surface area contributed by atoms with E-state index in [4.69, 9.17) is 9.84 Å². The number of alkyl halides is 1. The topological polar surface area (TPSA) is 46.5 Å². The summed E-state index contributed by atoms with van der Waals surface area (Å²) in [5.74, 6) is -0.898. The number of carboxylic acids is 1. The molecule has 0 aromatic heterocycles. The minimum atomic E-state index is -1.88. The summed E-state index contributed by atoms with van der Waals surface area (Å²) >= 11 is 0. The summed E-state index contributed by atoms with van der Waals surface area (Å²) in [6.45, 7) is 2.29. The Bertz CT molecular complexity index is 338. The van der Waals surface area contributed by atoms with Gasteiger partial charge in [0.2, 0.25) is 6.17 Å². The van der Waals surface area contributed by atoms with E-state index in [1.807, 2.05) is 6.92 Å². The Kier molecular flexibility index (Phi) is 4.09. The maximum atomic E-state index is 13.0. The zero-order valence-corrected chi connectivity index (χ0v) is 8.44. The van der Waals surface area contributed by atoms with Gasteiger partial charge in [-0.1, -0.05) is 18.2 Å². The van der Waals surface area contributed by atoms with Crippen molar-refractivity contribution in [2.24, 2.45) is 0 Å². The van der Waals surface area contributed by atoms with E-state index in [1.165, 1.54) is 0 Å². The van der Waals surface area contributed by atoms with Crippen molar-refractivity contribution in [2.75, 3.05) is 6.61 Å². The second-order valence-electron chi connectivity index (χ2n) is 3.05. The van der Waals surface area contributed by atoms with E-state index in [0.29, 0.717) is 17.9 Å². The van der Waals surface area contributed by atoms with Crippen molar-refractivity contribution < 1.29 is 19.0 Å². The lowest BCUT2D eigenvalue weighted by atomic mass is 10.1. The molecule has 0 aliphatic heterocycles. The number of rotatable bonds is 5. The van der Waals surface area contributed by atoms with Crippen molar-refractivity contribution in [1.29, 1.82) is 0 Å². The highest BCUT2D eigenvalue weighted by atomic mass is 19.1. The van der Waals surface area contributed by atoms with E-state index in [-0.39, 0.29) is 6.42 Å². The summed E-state index contributed by atoms with van der Waals surface area (Å²) in [4.78, 5) is 10.4. The van der Waals surface area contributed by atoms with Crippen molar-refractivity contribution in [3.05, 3.63) is 29.8 Å². The van der Waals surface area contributed by atoms with Crippen molar-refractivity contribution >= 4 is 5.97 Å². The highest BCUT2D eigenvalue weighted by Crippen LogP contribution is 2.20. The number of halogens is 1. The normalized spacial score (nSPS) is 12.1. The van der Waals surface area contributed by atoms with Crippen LogP contribution in [0.3, 0.4) is 0 Å². The van der Waals surface area contributed by atoms with Crippen LogP contribution in [0.25, 0.3) is 0 Å². The number of hydrogen-bond acceptors (Lipinski definition) is 2. The SMILES string of the molecule is CCOc1ccccc1CC(F)C(=O)O. The maximum absolute atomic E-state index is 13.0. The molecule has 0 saturated carbocycles. The zero-order valence-electron chi connectivity index (χ0n) is 8.44. The van der Waals surface area contributed by atoms with Crippen LogP contribution in [-0.4, -0.2) is 23.9 Å². The highest BCUT2D eigenvalue weighted by molar-refractivity contribution is 5.72. The first-order valence-corrected chi connectivity index (χ1v) is 4.72. The highest BCUT2D eigenvalue weighted by Gasteiger charge is 2.18. The molecule has 1 unspecified atom stereocenters. The molecule has 0 radical (unpaired) electrons. The molecule has 0 amide bonds. The molecular weight excluding hydrogens is 199 g/mol. The fourth-order valence-electron chi connectivity index (χ4n) is 1.25. The van der Waals surface area contributed by atoms with Crippen LogP contribution >= 0.6 is 0 Å². The predicted molar refractivity (Wildman–Crippen MR) is 53.8 cm³/mol. The van der Waals surface area contributed by atoms with E-state index in [1.54, 1.807) is 24.3 Å². The monoisotopic (exact) mass is 212 g/mol. The molecule has 1 aromatic rings. The van der Waals surface area contributed by atoms with Gasteiger partial charge < -0.3 is 9.84 Å². The van der Waals surface area contributed by atoms with Crippen LogP contribution in [0, 0.1) is 0 Å². The van der Waals surface area contributed by atoms with Crippen LogP contribution in [0.1, 0.15) is 12.5 Å². The van der Waals surface area contributed by atoms with Crippen LogP contribution < -0.4 is 4.74 Å². The van der Waals surface area contributed by atoms with Crippen LogP contribution in [0.2, 0.25) is 0 Å². The molecule has 0 aliphatic carbocycles. The third-order valence-corrected chi connectivity index (χ3v) is 1.94. The summed E-state index contributed by atoms with van der Waals surface area (Å²) in [5, 5.41) is 8.45. The second-order valence-corrected chi connectivity index (χ2v) is 3.05. The number of hydrogen-bond donors (Lipinski definition) is 1. The molecule has 0 aliphatic rings. The van der Waals surface area contributed by atoms with Crippen molar-refractivity contribution in [3.8, 4) is 5.75 Å². The number of benzene rings is 1. The molecule has 0 fully saturated rings. The average Bonchev–Trinajstić information content (AvgIpc) is 2.21. The Morgan fingerprint density at radius 2 is 2.20 bits per heavy atom. The lowest BCUT2D eigenvalue weighted by Crippen LogP contribution is -2.17. The molecule has 0 bridgehead atoms. The van der Waals surface area contributed by atoms with Crippen molar-refractivity contribution in [1.82, 2.24) is 0 Å². The van der Waals surface area contributed by atoms with Gasteiger partial charge in [0.25, 0.3) is 0 Å². The smallest absolute Gasteiger partial charge is 0.338 e. The molecule has 0 spiro atoms. The van der Waals surface area contributed by atoms with Gasteiger partial charge in [0.1, 0.15) is 5.75 Å². The van der Waals surface area contributed by atoms with E-state index in [2.05, 4.69) is 0 Å². The van der Waals surface area contributed by atoms with Crippen molar-refractivity contribution in [2.45, 2.75) is 19.5 Å². The summed E-state index contributed by atoms with van der Waals surface area (Å²) in [7, 11) is 0. The Morgan fingerprint density at radius 1 is 1.53 bits per heavy atom. The second kappa shape index (κ2) is 5.34. The molecule has 1 N–H and O–H groups in total. The predicted octanol–water partition coefficient (Wildman–Crippen LogP) is 2.05. The molecule has 0 saturated heterocycles. The Balaban J connectivity index is 2.79. The first kappa shape index (κ1) is 11.5. The van der Waals surface area contributed by atoms with Gasteiger partial charge in [0.05, 0.1) is 6.61 Å². The Hall–Kier alpha value is -1.58. The zero-order chi connectivity index (χ0) is 11.3. The van der Waals surface area contributed by atoms with Crippen LogP contribution in [0.4, 0.5) is 4.39 Å². The van der Waals surface area contributed by atoms with E-state index >= 15 is 0 Å². The number of carboxylic acid groups (broad SMARTS) is 1. The number of carbonyl (C=O) groups is 1. The minimum Gasteiger partial charge on any atom is -0.494 e. The van der Waals surface area contributed by atoms with Gasteiger partial charge in [-0.25, -0.2) is 9.18 Å². The largest absolute Gasteiger partial charge is 0.494 e. The Morgan fingerprint density at radius 3 is 2.80 bits per heavy atom. The average molecular weight is 212 g/mol. The van der Waals surface area contributed by atoms with Gasteiger partial charge in [-0.2, -0.15) is 0 Å². The minimum absolute atomic E-state index is 0.161. The van der Waals surface area contributed by atoms with Crippen LogP contribution in [-0.2, 0) is 11.2 Å². The molecular formula is C11H13FO3. The molecule has 4 heteroatoms. The van der Waals surface area contributed by atoms with Crippen molar-refractivity contribution in [3.63, 3.8) is 0 Å². The van der Waals surface area contributed by atoms with E-state index in [9.17, 15) is 9.18 Å². The lowest BCUT2D eigenvalue weighted by molar-refractivity contribution is -0.142. The van der Waals surface area contributed by atoms with Gasteiger partial charge in [-0.15, -0.1) is 0 Å². The number of ether oxygens (including phenoxy) is 1. The van der Waals surface area contributed by atoms with Gasteiger partial charge in [-0.3, -0.25) is 0 Å². The molecule has 3 nitrogen and oxygen atoms in total. The molecule has 1 aromatic carbocycles. The van der Waals surface area contributed by atoms with Gasteiger partial charge in [-0.05, 0) is 18.6 Å². The molecule has 82 valence electrons. The third kappa shape index (κ3) is 3.23. The van der Waals surface area contributed by atoms with Gasteiger partial charge in [0, 0.05) is 6.42 Å². The molecule has 1 atom stereocenters. The Labute approximate surface area is 87.5 Å². The van der Waals surface area contributed by atoms with Crippen LogP contribution in [0.5, 0.6) is 5.75 Å². The standard InChI is InChI=1S/C11H13FO3/c1-2-15-10-6-4-3-5-8(10)7-9(12)11(13)14/h3-6,9H,2,7H2,1H3,(H,13,14). The maximum Gasteiger partial charge on any atom is 0.338 e. The quantitative estimate of drug-likeness (QED) is 0.812. The molecule has 15 heavy (non-hydrogen) atoms. The molecule has 1 rings (SSSR count). The first-order chi connectivity index (χ1) is 7.15.